The van der Waals surface area contributed by atoms with Gasteiger partial charge in [-0.1, -0.05) is 6.07 Å². The van der Waals surface area contributed by atoms with Crippen LogP contribution in [0.2, 0.25) is 0 Å². The van der Waals surface area contributed by atoms with Gasteiger partial charge in [0.05, 0.1) is 11.3 Å². The zero-order valence-electron chi connectivity index (χ0n) is 17.2. The van der Waals surface area contributed by atoms with Crippen LogP contribution in [0.1, 0.15) is 27.2 Å². The molecule has 6 nitrogen and oxygen atoms in total. The first-order valence-corrected chi connectivity index (χ1v) is 10.0. The van der Waals surface area contributed by atoms with E-state index in [1.165, 1.54) is 24.9 Å². The number of pyridine rings is 2. The van der Waals surface area contributed by atoms with Crippen LogP contribution in [0.15, 0.2) is 47.5 Å². The van der Waals surface area contributed by atoms with Gasteiger partial charge in [-0.05, 0) is 68.7 Å². The van der Waals surface area contributed by atoms with Crippen molar-refractivity contribution >= 4 is 23.5 Å². The summed E-state index contributed by atoms with van der Waals surface area (Å²) in [6.07, 6.45) is -4.13. The molecule has 2 aromatic heterocycles. The SMILES string of the molecule is CNSc1cccc(NC(=O)c2c(Oc3ccc(F)nc3C)ncc(C(F)(F)F)c2C)c1. The molecule has 0 saturated carbocycles. The molecule has 1 amide bonds. The zero-order valence-corrected chi connectivity index (χ0v) is 18.0. The van der Waals surface area contributed by atoms with Crippen molar-refractivity contribution in [1.29, 1.82) is 0 Å². The minimum atomic E-state index is -4.72. The molecule has 3 rings (SSSR count). The summed E-state index contributed by atoms with van der Waals surface area (Å²) in [5.41, 5.74) is -1.29. The molecule has 2 N–H and O–H groups in total. The average molecular weight is 466 g/mol. The molecule has 0 aliphatic carbocycles. The van der Waals surface area contributed by atoms with E-state index in [-0.39, 0.29) is 22.9 Å². The fraction of sp³-hybridized carbons (Fsp3) is 0.190. The Hall–Kier alpha value is -3.18. The van der Waals surface area contributed by atoms with Gasteiger partial charge in [-0.15, -0.1) is 0 Å². The fourth-order valence-corrected chi connectivity index (χ4v) is 3.46. The van der Waals surface area contributed by atoms with Crippen LogP contribution in [0.3, 0.4) is 0 Å². The van der Waals surface area contributed by atoms with Crippen LogP contribution in [0.4, 0.5) is 23.2 Å². The van der Waals surface area contributed by atoms with Gasteiger partial charge in [0.25, 0.3) is 5.91 Å². The van der Waals surface area contributed by atoms with Gasteiger partial charge in [0.1, 0.15) is 5.56 Å². The van der Waals surface area contributed by atoms with Crippen LogP contribution in [-0.4, -0.2) is 22.9 Å². The molecular weight excluding hydrogens is 448 g/mol. The number of rotatable bonds is 6. The number of halogens is 4. The number of nitrogens with one attached hydrogen (secondary N) is 2. The highest BCUT2D eigenvalue weighted by Gasteiger charge is 2.36. The standard InChI is InChI=1S/C21H18F4N4O2S/c1-11-15(21(23,24)25)10-27-20(31-16-7-8-17(22)28-12(16)2)18(11)19(30)29-13-5-4-6-14(9-13)32-26-3/h4-10,26H,1-3H3,(H,29,30). The Labute approximate surface area is 185 Å². The number of aryl methyl sites for hydroxylation is 1. The van der Waals surface area contributed by atoms with E-state index in [9.17, 15) is 22.4 Å². The number of amides is 1. The maximum absolute atomic E-state index is 13.4. The maximum Gasteiger partial charge on any atom is 0.418 e. The maximum atomic E-state index is 13.4. The first kappa shape index (κ1) is 23.5. The van der Waals surface area contributed by atoms with Crippen LogP contribution in [-0.2, 0) is 6.18 Å². The van der Waals surface area contributed by atoms with Crippen molar-refractivity contribution in [3.8, 4) is 11.6 Å². The van der Waals surface area contributed by atoms with E-state index in [0.717, 1.165) is 17.9 Å². The summed E-state index contributed by atoms with van der Waals surface area (Å²) in [4.78, 5) is 21.2. The monoisotopic (exact) mass is 466 g/mol. The lowest BCUT2D eigenvalue weighted by Crippen LogP contribution is -2.19. The molecule has 32 heavy (non-hydrogen) atoms. The van der Waals surface area contributed by atoms with E-state index >= 15 is 0 Å². The molecule has 3 aromatic rings. The molecule has 0 aliphatic rings. The second kappa shape index (κ2) is 9.53. The van der Waals surface area contributed by atoms with Crippen molar-refractivity contribution in [3.63, 3.8) is 0 Å². The zero-order chi connectivity index (χ0) is 23.5. The van der Waals surface area contributed by atoms with Crippen LogP contribution in [0.25, 0.3) is 0 Å². The van der Waals surface area contributed by atoms with E-state index in [0.29, 0.717) is 11.9 Å². The van der Waals surface area contributed by atoms with Crippen LogP contribution in [0.5, 0.6) is 11.6 Å². The summed E-state index contributed by atoms with van der Waals surface area (Å²) in [7, 11) is 1.73. The van der Waals surface area contributed by atoms with Gasteiger partial charge >= 0.3 is 6.18 Å². The van der Waals surface area contributed by atoms with Crippen LogP contribution >= 0.6 is 11.9 Å². The Balaban J connectivity index is 2.04. The second-order valence-corrected chi connectivity index (χ2v) is 7.67. The number of anilines is 1. The predicted molar refractivity (Wildman–Crippen MR) is 112 cm³/mol. The van der Waals surface area contributed by atoms with Crippen molar-refractivity contribution in [2.24, 2.45) is 0 Å². The van der Waals surface area contributed by atoms with E-state index in [1.807, 2.05) is 0 Å². The van der Waals surface area contributed by atoms with Gasteiger partial charge in [-0.3, -0.25) is 9.52 Å². The number of benzene rings is 1. The van der Waals surface area contributed by atoms with E-state index in [4.69, 9.17) is 4.74 Å². The number of alkyl halides is 3. The van der Waals surface area contributed by atoms with E-state index in [1.54, 1.807) is 31.3 Å². The Bertz CT molecular complexity index is 1160. The number of carbonyl (C=O) groups excluding carboxylic acids is 1. The highest BCUT2D eigenvalue weighted by Crippen LogP contribution is 2.37. The number of ether oxygens (including phenoxy) is 1. The first-order chi connectivity index (χ1) is 15.1. The lowest BCUT2D eigenvalue weighted by molar-refractivity contribution is -0.138. The lowest BCUT2D eigenvalue weighted by Gasteiger charge is -2.17. The van der Waals surface area contributed by atoms with Gasteiger partial charge in [-0.2, -0.15) is 17.6 Å². The van der Waals surface area contributed by atoms with Crippen molar-refractivity contribution in [1.82, 2.24) is 14.7 Å². The molecule has 0 fully saturated rings. The van der Waals surface area contributed by atoms with Crippen LogP contribution in [0, 0.1) is 19.8 Å². The second-order valence-electron chi connectivity index (χ2n) is 6.58. The number of hydrogen-bond acceptors (Lipinski definition) is 6. The van der Waals surface area contributed by atoms with Crippen molar-refractivity contribution in [3.05, 3.63) is 70.9 Å². The van der Waals surface area contributed by atoms with E-state index < -0.39 is 29.2 Å². The Kier molecular flexibility index (Phi) is 6.99. The molecule has 11 heteroatoms. The third-order valence-electron chi connectivity index (χ3n) is 4.36. The summed E-state index contributed by atoms with van der Waals surface area (Å²) in [6.45, 7) is 2.62. The molecular formula is C21H18F4N4O2S. The van der Waals surface area contributed by atoms with Crippen molar-refractivity contribution in [2.75, 3.05) is 12.4 Å². The van der Waals surface area contributed by atoms with Gasteiger partial charge < -0.3 is 10.1 Å². The first-order valence-electron chi connectivity index (χ1n) is 9.23. The molecule has 0 radical (unpaired) electrons. The molecule has 0 atom stereocenters. The van der Waals surface area contributed by atoms with Gasteiger partial charge in [0, 0.05) is 16.8 Å². The predicted octanol–water partition coefficient (Wildman–Crippen LogP) is 5.52. The number of carbonyl (C=O) groups is 1. The normalized spacial score (nSPS) is 11.3. The quantitative estimate of drug-likeness (QED) is 0.283. The highest BCUT2D eigenvalue weighted by atomic mass is 32.2. The van der Waals surface area contributed by atoms with Crippen molar-refractivity contribution in [2.45, 2.75) is 24.9 Å². The Morgan fingerprint density at radius 2 is 1.91 bits per heavy atom. The minimum absolute atomic E-state index is 0.0551. The van der Waals surface area contributed by atoms with Gasteiger partial charge in [0.2, 0.25) is 11.8 Å². The molecule has 0 spiro atoms. The number of hydrogen-bond donors (Lipinski definition) is 2. The lowest BCUT2D eigenvalue weighted by atomic mass is 10.0. The molecule has 0 unspecified atom stereocenters. The Morgan fingerprint density at radius 1 is 1.16 bits per heavy atom. The topological polar surface area (TPSA) is 76.1 Å². The number of nitrogens with zero attached hydrogens (tertiary/aromatic N) is 2. The molecule has 0 aliphatic heterocycles. The molecule has 2 heterocycles. The summed E-state index contributed by atoms with van der Waals surface area (Å²) in [5, 5.41) is 2.58. The highest BCUT2D eigenvalue weighted by molar-refractivity contribution is 7.97. The molecule has 0 saturated heterocycles. The Morgan fingerprint density at radius 3 is 2.56 bits per heavy atom. The molecule has 0 bridgehead atoms. The minimum Gasteiger partial charge on any atom is -0.436 e. The van der Waals surface area contributed by atoms with Gasteiger partial charge in [-0.25, -0.2) is 9.97 Å². The third-order valence-corrected chi connectivity index (χ3v) is 5.05. The van der Waals surface area contributed by atoms with Crippen molar-refractivity contribution < 1.29 is 27.1 Å². The number of aromatic nitrogens is 2. The molecule has 168 valence electrons. The summed E-state index contributed by atoms with van der Waals surface area (Å²) in [5.74, 6) is -1.89. The smallest absolute Gasteiger partial charge is 0.418 e. The average Bonchev–Trinajstić information content (AvgIpc) is 2.69. The van der Waals surface area contributed by atoms with Crippen LogP contribution < -0.4 is 14.8 Å². The summed E-state index contributed by atoms with van der Waals surface area (Å²) in [6, 6.07) is 9.03. The van der Waals surface area contributed by atoms with E-state index in [2.05, 4.69) is 20.0 Å². The summed E-state index contributed by atoms with van der Waals surface area (Å²) < 4.78 is 62.1. The summed E-state index contributed by atoms with van der Waals surface area (Å²) >= 11 is 1.30. The van der Waals surface area contributed by atoms with Gasteiger partial charge in [0.15, 0.2) is 5.75 Å². The fourth-order valence-electron chi connectivity index (χ4n) is 2.89. The largest absolute Gasteiger partial charge is 0.436 e. The third kappa shape index (κ3) is 5.35. The molecule has 1 aromatic carbocycles.